The summed E-state index contributed by atoms with van der Waals surface area (Å²) < 4.78 is 25.5. The molecule has 0 fully saturated rings. The monoisotopic (exact) mass is 288 g/mol. The molecule has 5 heteroatoms. The van der Waals surface area contributed by atoms with Crippen molar-refractivity contribution in [1.29, 1.82) is 5.26 Å². The van der Waals surface area contributed by atoms with E-state index < -0.39 is 16.6 Å². The number of benzene rings is 2. The van der Waals surface area contributed by atoms with E-state index in [2.05, 4.69) is 0 Å². The number of nitrogen functional groups attached to an aromatic ring is 1. The van der Waals surface area contributed by atoms with Crippen LogP contribution >= 0.6 is 0 Å². The summed E-state index contributed by atoms with van der Waals surface area (Å²) in [6, 6.07) is 11.0. The summed E-state index contributed by atoms with van der Waals surface area (Å²) in [5, 5.41) is 8.99. The second-order valence-electron chi connectivity index (χ2n) is 4.42. The SMILES string of the molecule is Cc1cc(S(=O)Cc2cc(F)ccc2C#N)ccc1N. The molecule has 2 N–H and O–H groups in total. The molecule has 0 saturated heterocycles. The van der Waals surface area contributed by atoms with Crippen molar-refractivity contribution in [3.05, 3.63) is 58.9 Å². The molecule has 2 aromatic rings. The fourth-order valence-corrected chi connectivity index (χ4v) is 3.02. The lowest BCUT2D eigenvalue weighted by molar-refractivity contribution is 0.626. The van der Waals surface area contributed by atoms with Gasteiger partial charge in [0.1, 0.15) is 5.82 Å². The summed E-state index contributed by atoms with van der Waals surface area (Å²) in [6.07, 6.45) is 0. The van der Waals surface area contributed by atoms with Crippen LogP contribution in [-0.2, 0) is 16.6 Å². The van der Waals surface area contributed by atoms with Crippen molar-refractivity contribution >= 4 is 16.5 Å². The van der Waals surface area contributed by atoms with E-state index in [1.54, 1.807) is 18.2 Å². The average molecular weight is 288 g/mol. The lowest BCUT2D eigenvalue weighted by Crippen LogP contribution is -2.01. The van der Waals surface area contributed by atoms with Crippen LogP contribution in [0.3, 0.4) is 0 Å². The van der Waals surface area contributed by atoms with E-state index >= 15 is 0 Å². The fourth-order valence-electron chi connectivity index (χ4n) is 1.81. The van der Waals surface area contributed by atoms with Gasteiger partial charge in [0, 0.05) is 10.6 Å². The highest BCUT2D eigenvalue weighted by atomic mass is 32.2. The Balaban J connectivity index is 2.30. The van der Waals surface area contributed by atoms with Gasteiger partial charge in [-0.1, -0.05) is 0 Å². The maximum Gasteiger partial charge on any atom is 0.123 e. The second kappa shape index (κ2) is 5.85. The van der Waals surface area contributed by atoms with Crippen LogP contribution in [0.15, 0.2) is 41.3 Å². The van der Waals surface area contributed by atoms with Gasteiger partial charge in [0.15, 0.2) is 0 Å². The molecule has 20 heavy (non-hydrogen) atoms. The average Bonchev–Trinajstić information content (AvgIpc) is 2.42. The van der Waals surface area contributed by atoms with Crippen LogP contribution in [0.2, 0.25) is 0 Å². The third-order valence-electron chi connectivity index (χ3n) is 2.98. The first-order valence-electron chi connectivity index (χ1n) is 5.94. The molecule has 1 atom stereocenters. The quantitative estimate of drug-likeness (QED) is 0.883. The van der Waals surface area contributed by atoms with Crippen LogP contribution < -0.4 is 5.73 Å². The molecule has 0 bridgehead atoms. The minimum atomic E-state index is -1.35. The van der Waals surface area contributed by atoms with Gasteiger partial charge >= 0.3 is 0 Å². The van der Waals surface area contributed by atoms with Gasteiger partial charge in [0.05, 0.1) is 28.2 Å². The molecule has 0 aliphatic rings. The highest BCUT2D eigenvalue weighted by molar-refractivity contribution is 7.84. The lowest BCUT2D eigenvalue weighted by Gasteiger charge is -2.07. The van der Waals surface area contributed by atoms with Crippen LogP contribution in [0.25, 0.3) is 0 Å². The van der Waals surface area contributed by atoms with Crippen molar-refractivity contribution in [1.82, 2.24) is 0 Å². The number of hydrogen-bond acceptors (Lipinski definition) is 3. The van der Waals surface area contributed by atoms with Gasteiger partial charge in [-0.2, -0.15) is 5.26 Å². The van der Waals surface area contributed by atoms with E-state index in [9.17, 15) is 8.60 Å². The molecule has 0 aliphatic heterocycles. The van der Waals surface area contributed by atoms with Gasteiger partial charge in [-0.05, 0) is 54.4 Å². The van der Waals surface area contributed by atoms with Gasteiger partial charge in [-0.15, -0.1) is 0 Å². The van der Waals surface area contributed by atoms with Crippen molar-refractivity contribution < 1.29 is 8.60 Å². The Labute approximate surface area is 119 Å². The number of anilines is 1. The van der Waals surface area contributed by atoms with E-state index in [-0.39, 0.29) is 5.75 Å². The fraction of sp³-hybridized carbons (Fsp3) is 0.133. The lowest BCUT2D eigenvalue weighted by atomic mass is 10.1. The summed E-state index contributed by atoms with van der Waals surface area (Å²) in [7, 11) is -1.35. The zero-order valence-corrected chi connectivity index (χ0v) is 11.7. The zero-order chi connectivity index (χ0) is 14.7. The summed E-state index contributed by atoms with van der Waals surface area (Å²) in [6.45, 7) is 1.83. The van der Waals surface area contributed by atoms with E-state index in [0.717, 1.165) is 5.56 Å². The second-order valence-corrected chi connectivity index (χ2v) is 5.87. The molecule has 0 amide bonds. The molecule has 0 saturated carbocycles. The summed E-state index contributed by atoms with van der Waals surface area (Å²) in [5.74, 6) is -0.339. The highest BCUT2D eigenvalue weighted by Gasteiger charge is 2.11. The van der Waals surface area contributed by atoms with Crippen LogP contribution in [-0.4, -0.2) is 4.21 Å². The molecule has 0 radical (unpaired) electrons. The van der Waals surface area contributed by atoms with Crippen molar-refractivity contribution in [2.24, 2.45) is 0 Å². The van der Waals surface area contributed by atoms with Crippen molar-refractivity contribution in [3.63, 3.8) is 0 Å². The van der Waals surface area contributed by atoms with E-state index in [0.29, 0.717) is 21.7 Å². The normalized spacial score (nSPS) is 11.8. The number of rotatable bonds is 3. The summed E-state index contributed by atoms with van der Waals surface area (Å²) in [5.41, 5.74) is 7.98. The van der Waals surface area contributed by atoms with Crippen LogP contribution in [0, 0.1) is 24.1 Å². The Hall–Kier alpha value is -2.19. The Kier molecular flexibility index (Phi) is 4.16. The molecular weight excluding hydrogens is 275 g/mol. The predicted molar refractivity (Wildman–Crippen MR) is 76.8 cm³/mol. The molecule has 0 spiro atoms. The van der Waals surface area contributed by atoms with Gasteiger partial charge in [-0.25, -0.2) is 4.39 Å². The number of nitrogens with zero attached hydrogens (tertiary/aromatic N) is 1. The first kappa shape index (κ1) is 14.2. The Morgan fingerprint density at radius 2 is 2.05 bits per heavy atom. The third kappa shape index (κ3) is 3.03. The van der Waals surface area contributed by atoms with Crippen molar-refractivity contribution in [2.45, 2.75) is 17.6 Å². The molecule has 102 valence electrons. The Morgan fingerprint density at radius 3 is 2.70 bits per heavy atom. The van der Waals surface area contributed by atoms with Crippen LogP contribution in [0.4, 0.5) is 10.1 Å². The maximum absolute atomic E-state index is 13.2. The molecule has 2 aromatic carbocycles. The predicted octanol–water partition coefficient (Wildman–Crippen LogP) is 2.90. The molecule has 0 heterocycles. The molecule has 0 aromatic heterocycles. The standard InChI is InChI=1S/C15H13FN2OS/c1-10-6-14(4-5-15(10)18)20(19)9-12-7-13(16)3-2-11(12)8-17/h2-7H,9,18H2,1H3. The largest absolute Gasteiger partial charge is 0.399 e. The van der Waals surface area contributed by atoms with Gasteiger partial charge in [0.2, 0.25) is 0 Å². The molecule has 1 unspecified atom stereocenters. The Bertz CT molecular complexity index is 722. The third-order valence-corrected chi connectivity index (χ3v) is 4.33. The number of halogens is 1. The molecular formula is C15H13FN2OS. The minimum Gasteiger partial charge on any atom is -0.399 e. The number of nitrogens with two attached hydrogens (primary N) is 1. The smallest absolute Gasteiger partial charge is 0.123 e. The van der Waals surface area contributed by atoms with Crippen molar-refractivity contribution in [3.8, 4) is 6.07 Å². The summed E-state index contributed by atoms with van der Waals surface area (Å²) in [4.78, 5) is 0.616. The Morgan fingerprint density at radius 1 is 1.30 bits per heavy atom. The van der Waals surface area contributed by atoms with E-state index in [1.165, 1.54) is 18.2 Å². The van der Waals surface area contributed by atoms with Gasteiger partial charge < -0.3 is 5.73 Å². The number of hydrogen-bond donors (Lipinski definition) is 1. The van der Waals surface area contributed by atoms with E-state index in [1.807, 2.05) is 13.0 Å². The molecule has 2 rings (SSSR count). The number of aryl methyl sites for hydroxylation is 1. The van der Waals surface area contributed by atoms with Gasteiger partial charge in [-0.3, -0.25) is 4.21 Å². The zero-order valence-electron chi connectivity index (χ0n) is 10.9. The maximum atomic E-state index is 13.2. The van der Waals surface area contributed by atoms with Crippen molar-refractivity contribution in [2.75, 3.05) is 5.73 Å². The van der Waals surface area contributed by atoms with Crippen LogP contribution in [0.1, 0.15) is 16.7 Å². The first-order chi connectivity index (χ1) is 9.51. The molecule has 3 nitrogen and oxygen atoms in total. The minimum absolute atomic E-state index is 0.101. The van der Waals surface area contributed by atoms with Gasteiger partial charge in [0.25, 0.3) is 0 Å². The van der Waals surface area contributed by atoms with E-state index in [4.69, 9.17) is 11.0 Å². The summed E-state index contributed by atoms with van der Waals surface area (Å²) >= 11 is 0. The topological polar surface area (TPSA) is 66.9 Å². The van der Waals surface area contributed by atoms with Crippen LogP contribution in [0.5, 0.6) is 0 Å². The first-order valence-corrected chi connectivity index (χ1v) is 7.26. The molecule has 0 aliphatic carbocycles. The highest BCUT2D eigenvalue weighted by Crippen LogP contribution is 2.20. The number of nitriles is 1.